The number of rotatable bonds is 6. The van der Waals surface area contributed by atoms with E-state index in [2.05, 4.69) is 10.3 Å². The number of nitrogens with two attached hydrogens (primary N) is 1. The molecule has 7 heteroatoms. The van der Waals surface area contributed by atoms with Crippen molar-refractivity contribution in [2.24, 2.45) is 0 Å². The van der Waals surface area contributed by atoms with Crippen LogP contribution in [0, 0.1) is 0 Å². The van der Waals surface area contributed by atoms with Gasteiger partial charge in [0.25, 0.3) is 0 Å². The molecule has 7 nitrogen and oxygen atoms in total. The number of amides is 1. The highest BCUT2D eigenvalue weighted by Crippen LogP contribution is 2.11. The number of carboxylic acid groups (broad SMARTS) is 1. The standard InChI is InChI=1S/C15H23N3O4/c1-15(2,3)22-14(21)18-12(13(19)20)6-4-5-10-7-11(16)9-17-8-10/h7-9,12H,4-6,16H2,1-3H3,(H,18,21)(H,19,20). The number of aryl methyl sites for hydroxylation is 1. The molecule has 0 bridgehead atoms. The number of pyridine rings is 1. The molecule has 0 aliphatic rings. The third-order valence-electron chi connectivity index (χ3n) is 2.76. The lowest BCUT2D eigenvalue weighted by Crippen LogP contribution is -2.43. The fourth-order valence-corrected chi connectivity index (χ4v) is 1.86. The van der Waals surface area contributed by atoms with Gasteiger partial charge in [-0.1, -0.05) is 0 Å². The SMILES string of the molecule is CC(C)(C)OC(=O)NC(CCCc1cncc(N)c1)C(=O)O. The molecule has 0 aliphatic heterocycles. The van der Waals surface area contributed by atoms with Crippen molar-refractivity contribution in [3.8, 4) is 0 Å². The molecule has 122 valence electrons. The molecule has 0 radical (unpaired) electrons. The summed E-state index contributed by atoms with van der Waals surface area (Å²) in [5, 5.41) is 11.5. The molecule has 1 aromatic heterocycles. The number of anilines is 1. The van der Waals surface area contributed by atoms with Crippen molar-refractivity contribution in [2.45, 2.75) is 51.7 Å². The summed E-state index contributed by atoms with van der Waals surface area (Å²) < 4.78 is 5.06. The lowest BCUT2D eigenvalue weighted by Gasteiger charge is -2.22. The Balaban J connectivity index is 2.48. The van der Waals surface area contributed by atoms with Crippen LogP contribution < -0.4 is 11.1 Å². The zero-order valence-corrected chi connectivity index (χ0v) is 13.1. The molecular weight excluding hydrogens is 286 g/mol. The minimum Gasteiger partial charge on any atom is -0.480 e. The molecule has 0 saturated heterocycles. The first kappa shape index (κ1) is 17.7. The van der Waals surface area contributed by atoms with E-state index >= 15 is 0 Å². The highest BCUT2D eigenvalue weighted by Gasteiger charge is 2.23. The Hall–Kier alpha value is -2.31. The number of nitrogens with zero attached hydrogens (tertiary/aromatic N) is 1. The van der Waals surface area contributed by atoms with Crippen LogP contribution in [0.2, 0.25) is 0 Å². The van der Waals surface area contributed by atoms with Crippen molar-refractivity contribution >= 4 is 17.7 Å². The summed E-state index contributed by atoms with van der Waals surface area (Å²) in [5.74, 6) is -1.09. The lowest BCUT2D eigenvalue weighted by molar-refractivity contribution is -0.139. The third-order valence-corrected chi connectivity index (χ3v) is 2.76. The van der Waals surface area contributed by atoms with Gasteiger partial charge in [-0.05, 0) is 51.7 Å². The van der Waals surface area contributed by atoms with Crippen molar-refractivity contribution in [1.29, 1.82) is 0 Å². The minimum absolute atomic E-state index is 0.295. The lowest BCUT2D eigenvalue weighted by atomic mass is 10.1. The maximum absolute atomic E-state index is 11.6. The number of alkyl carbamates (subject to hydrolysis) is 1. The average Bonchev–Trinajstić information content (AvgIpc) is 2.35. The first-order valence-electron chi connectivity index (χ1n) is 7.09. The Bertz CT molecular complexity index is 526. The number of carboxylic acids is 1. The van der Waals surface area contributed by atoms with Gasteiger partial charge in [0.15, 0.2) is 0 Å². The van der Waals surface area contributed by atoms with E-state index in [1.807, 2.05) is 0 Å². The zero-order chi connectivity index (χ0) is 16.8. The first-order chi connectivity index (χ1) is 10.2. The van der Waals surface area contributed by atoms with Gasteiger partial charge in [-0.25, -0.2) is 9.59 Å². The van der Waals surface area contributed by atoms with Gasteiger partial charge in [0.05, 0.1) is 5.69 Å². The van der Waals surface area contributed by atoms with E-state index in [4.69, 9.17) is 15.6 Å². The second-order valence-electron chi connectivity index (χ2n) is 6.06. The van der Waals surface area contributed by atoms with Gasteiger partial charge in [-0.3, -0.25) is 4.98 Å². The Kier molecular flexibility index (Phi) is 6.15. The quantitative estimate of drug-likeness (QED) is 0.740. The number of hydrogen-bond acceptors (Lipinski definition) is 5. The zero-order valence-electron chi connectivity index (χ0n) is 13.1. The number of ether oxygens (including phenoxy) is 1. The van der Waals surface area contributed by atoms with E-state index in [9.17, 15) is 9.59 Å². The van der Waals surface area contributed by atoms with Crippen LogP contribution in [-0.4, -0.2) is 33.8 Å². The summed E-state index contributed by atoms with van der Waals surface area (Å²) in [6.45, 7) is 5.15. The summed E-state index contributed by atoms with van der Waals surface area (Å²) in [7, 11) is 0. The summed E-state index contributed by atoms with van der Waals surface area (Å²) in [4.78, 5) is 26.8. The van der Waals surface area contributed by atoms with Crippen LogP contribution in [0.1, 0.15) is 39.2 Å². The van der Waals surface area contributed by atoms with Crippen LogP contribution in [0.25, 0.3) is 0 Å². The molecule has 1 unspecified atom stereocenters. The average molecular weight is 309 g/mol. The van der Waals surface area contributed by atoms with Gasteiger partial charge in [0, 0.05) is 12.4 Å². The van der Waals surface area contributed by atoms with Crippen molar-refractivity contribution < 1.29 is 19.4 Å². The van der Waals surface area contributed by atoms with E-state index in [1.165, 1.54) is 0 Å². The highest BCUT2D eigenvalue weighted by molar-refractivity contribution is 5.79. The largest absolute Gasteiger partial charge is 0.480 e. The van der Waals surface area contributed by atoms with Crippen molar-refractivity contribution in [3.63, 3.8) is 0 Å². The van der Waals surface area contributed by atoms with Crippen molar-refractivity contribution in [2.75, 3.05) is 5.73 Å². The molecule has 1 amide bonds. The van der Waals surface area contributed by atoms with Crippen LogP contribution in [0.4, 0.5) is 10.5 Å². The van der Waals surface area contributed by atoms with Gasteiger partial charge in [-0.2, -0.15) is 0 Å². The molecule has 0 saturated carbocycles. The van der Waals surface area contributed by atoms with Crippen LogP contribution in [0.15, 0.2) is 18.5 Å². The molecule has 1 atom stereocenters. The Labute approximate surface area is 129 Å². The molecule has 1 rings (SSSR count). The number of nitrogen functional groups attached to an aromatic ring is 1. The Morgan fingerprint density at radius 1 is 1.41 bits per heavy atom. The molecule has 22 heavy (non-hydrogen) atoms. The number of nitrogens with one attached hydrogen (secondary N) is 1. The van der Waals surface area contributed by atoms with Crippen LogP contribution in [0.5, 0.6) is 0 Å². The second-order valence-corrected chi connectivity index (χ2v) is 6.06. The minimum atomic E-state index is -1.09. The molecule has 4 N–H and O–H groups in total. The number of aliphatic carboxylic acids is 1. The van der Waals surface area contributed by atoms with E-state index in [0.717, 1.165) is 5.56 Å². The topological polar surface area (TPSA) is 115 Å². The first-order valence-corrected chi connectivity index (χ1v) is 7.09. The highest BCUT2D eigenvalue weighted by atomic mass is 16.6. The maximum atomic E-state index is 11.6. The van der Waals surface area contributed by atoms with Crippen molar-refractivity contribution in [1.82, 2.24) is 10.3 Å². The fraction of sp³-hybridized carbons (Fsp3) is 0.533. The molecule has 1 aromatic rings. The maximum Gasteiger partial charge on any atom is 0.408 e. The predicted octanol–water partition coefficient (Wildman–Crippen LogP) is 1.96. The number of aromatic nitrogens is 1. The van der Waals surface area contributed by atoms with Crippen LogP contribution >= 0.6 is 0 Å². The third kappa shape index (κ3) is 6.92. The van der Waals surface area contributed by atoms with E-state index < -0.39 is 23.7 Å². The second kappa shape index (κ2) is 7.63. The Morgan fingerprint density at radius 3 is 2.64 bits per heavy atom. The number of carbonyl (C=O) groups excluding carboxylic acids is 1. The van der Waals surface area contributed by atoms with Gasteiger partial charge in [0.2, 0.25) is 0 Å². The van der Waals surface area contributed by atoms with Gasteiger partial charge in [0.1, 0.15) is 11.6 Å². The van der Waals surface area contributed by atoms with Gasteiger partial charge >= 0.3 is 12.1 Å². The van der Waals surface area contributed by atoms with Gasteiger partial charge in [-0.15, -0.1) is 0 Å². The Morgan fingerprint density at radius 2 is 2.09 bits per heavy atom. The van der Waals surface area contributed by atoms with E-state index in [0.29, 0.717) is 24.9 Å². The summed E-state index contributed by atoms with van der Waals surface area (Å²) in [6, 6.07) is 0.813. The molecule has 1 heterocycles. The smallest absolute Gasteiger partial charge is 0.408 e. The monoisotopic (exact) mass is 309 g/mol. The number of hydrogen-bond donors (Lipinski definition) is 3. The summed E-state index contributed by atoms with van der Waals surface area (Å²) >= 11 is 0. The molecule has 0 aliphatic carbocycles. The van der Waals surface area contributed by atoms with E-state index in [-0.39, 0.29) is 0 Å². The number of carbonyl (C=O) groups is 2. The van der Waals surface area contributed by atoms with Gasteiger partial charge < -0.3 is 20.9 Å². The molecular formula is C15H23N3O4. The van der Waals surface area contributed by atoms with E-state index in [1.54, 1.807) is 39.2 Å². The summed E-state index contributed by atoms with van der Waals surface area (Å²) in [5.41, 5.74) is 6.47. The summed E-state index contributed by atoms with van der Waals surface area (Å²) in [6.07, 6.45) is 4.02. The molecule has 0 spiro atoms. The normalized spacial score (nSPS) is 12.5. The fourth-order valence-electron chi connectivity index (χ4n) is 1.86. The molecule has 0 fully saturated rings. The predicted molar refractivity (Wildman–Crippen MR) is 82.4 cm³/mol. The van der Waals surface area contributed by atoms with Crippen LogP contribution in [-0.2, 0) is 16.0 Å². The molecule has 0 aromatic carbocycles. The van der Waals surface area contributed by atoms with Crippen LogP contribution in [0.3, 0.4) is 0 Å². The van der Waals surface area contributed by atoms with Crippen molar-refractivity contribution in [3.05, 3.63) is 24.0 Å².